The van der Waals surface area contributed by atoms with E-state index in [-0.39, 0.29) is 0 Å². The molecule has 0 aliphatic carbocycles. The van der Waals surface area contributed by atoms with E-state index >= 15 is 0 Å². The zero-order valence-corrected chi connectivity index (χ0v) is 15.0. The highest BCUT2D eigenvalue weighted by Gasteiger charge is 2.28. The number of nitrogens with two attached hydrogens (primary N) is 1. The minimum absolute atomic E-state index is 0.312. The standard InChI is InChI=1S/C20H22N4O2/c1-20(2)23-19(21)22-12-24(20)16-8-5-14(6-9-16)3-4-15-7-10-17-18(11-15)26-13-25-17/h5-12H,3-4,13H2,1-2H3,(H2,21,23). The van der Waals surface area contributed by atoms with Crippen molar-refractivity contribution < 1.29 is 9.47 Å². The van der Waals surface area contributed by atoms with Crippen molar-refractivity contribution in [1.82, 2.24) is 0 Å². The van der Waals surface area contributed by atoms with Gasteiger partial charge in [0.15, 0.2) is 11.5 Å². The molecule has 0 bridgehead atoms. The Morgan fingerprint density at radius 1 is 1.00 bits per heavy atom. The van der Waals surface area contributed by atoms with Crippen molar-refractivity contribution in [1.29, 1.82) is 0 Å². The normalized spacial score (nSPS) is 17.3. The lowest BCUT2D eigenvalue weighted by Gasteiger charge is -2.35. The third-order valence-electron chi connectivity index (χ3n) is 4.64. The molecule has 2 aliphatic rings. The Kier molecular flexibility index (Phi) is 4.03. The van der Waals surface area contributed by atoms with Gasteiger partial charge in [-0.05, 0) is 62.1 Å². The fourth-order valence-corrected chi connectivity index (χ4v) is 3.21. The van der Waals surface area contributed by atoms with E-state index in [0.29, 0.717) is 12.8 Å². The number of benzene rings is 2. The van der Waals surface area contributed by atoms with Crippen LogP contribution in [0.4, 0.5) is 5.69 Å². The van der Waals surface area contributed by atoms with Crippen LogP contribution in [0.5, 0.6) is 11.5 Å². The predicted molar refractivity (Wildman–Crippen MR) is 103 cm³/mol. The van der Waals surface area contributed by atoms with Crippen LogP contribution in [0.1, 0.15) is 25.0 Å². The number of ether oxygens (including phenoxy) is 2. The van der Waals surface area contributed by atoms with Gasteiger partial charge >= 0.3 is 0 Å². The Labute approximate surface area is 153 Å². The highest BCUT2D eigenvalue weighted by molar-refractivity contribution is 5.95. The molecule has 134 valence electrons. The van der Waals surface area contributed by atoms with Crippen molar-refractivity contribution >= 4 is 18.0 Å². The van der Waals surface area contributed by atoms with Gasteiger partial charge in [0, 0.05) is 5.69 Å². The summed E-state index contributed by atoms with van der Waals surface area (Å²) in [5.74, 6) is 1.98. The van der Waals surface area contributed by atoms with Crippen LogP contribution in [0.3, 0.4) is 0 Å². The van der Waals surface area contributed by atoms with E-state index < -0.39 is 5.66 Å². The molecule has 4 rings (SSSR count). The molecule has 0 spiro atoms. The van der Waals surface area contributed by atoms with Gasteiger partial charge in [0.2, 0.25) is 12.8 Å². The molecular weight excluding hydrogens is 328 g/mol. The molecular formula is C20H22N4O2. The summed E-state index contributed by atoms with van der Waals surface area (Å²) < 4.78 is 10.8. The van der Waals surface area contributed by atoms with Gasteiger partial charge in [-0.1, -0.05) is 18.2 Å². The number of rotatable bonds is 4. The summed E-state index contributed by atoms with van der Waals surface area (Å²) >= 11 is 0. The largest absolute Gasteiger partial charge is 0.454 e. The average Bonchev–Trinajstić information content (AvgIpc) is 3.07. The van der Waals surface area contributed by atoms with Crippen molar-refractivity contribution in [2.45, 2.75) is 32.4 Å². The molecule has 2 aliphatic heterocycles. The molecule has 6 heteroatoms. The average molecular weight is 350 g/mol. The molecule has 0 saturated carbocycles. The second-order valence-corrected chi connectivity index (χ2v) is 6.93. The highest BCUT2D eigenvalue weighted by atomic mass is 16.7. The minimum Gasteiger partial charge on any atom is -0.454 e. The van der Waals surface area contributed by atoms with Gasteiger partial charge in [-0.3, -0.25) is 0 Å². The summed E-state index contributed by atoms with van der Waals surface area (Å²) in [7, 11) is 0. The van der Waals surface area contributed by atoms with Crippen molar-refractivity contribution in [3.05, 3.63) is 53.6 Å². The Bertz CT molecular complexity index is 872. The monoisotopic (exact) mass is 350 g/mol. The molecule has 2 aromatic carbocycles. The number of aryl methyl sites for hydroxylation is 2. The Morgan fingerprint density at radius 2 is 1.69 bits per heavy atom. The van der Waals surface area contributed by atoms with E-state index in [9.17, 15) is 0 Å². The van der Waals surface area contributed by atoms with Crippen molar-refractivity contribution in [3.63, 3.8) is 0 Å². The van der Waals surface area contributed by atoms with E-state index in [1.54, 1.807) is 6.34 Å². The summed E-state index contributed by atoms with van der Waals surface area (Å²) in [4.78, 5) is 10.5. The van der Waals surface area contributed by atoms with Crippen LogP contribution in [0.25, 0.3) is 0 Å². The van der Waals surface area contributed by atoms with Crippen LogP contribution in [0.15, 0.2) is 52.4 Å². The molecule has 0 radical (unpaired) electrons. The fourth-order valence-electron chi connectivity index (χ4n) is 3.21. The number of hydrogen-bond acceptors (Lipinski definition) is 6. The van der Waals surface area contributed by atoms with Crippen LogP contribution in [0, 0.1) is 0 Å². The molecule has 0 unspecified atom stereocenters. The first-order valence-corrected chi connectivity index (χ1v) is 8.68. The minimum atomic E-state index is -0.445. The SMILES string of the molecule is CC1(C)N=C(N)N=CN1c1ccc(CCc2ccc3c(c2)OCO3)cc1. The van der Waals surface area contributed by atoms with E-state index in [0.717, 1.165) is 30.0 Å². The second kappa shape index (κ2) is 6.37. The van der Waals surface area contributed by atoms with E-state index in [2.05, 4.69) is 46.4 Å². The van der Waals surface area contributed by atoms with Crippen LogP contribution >= 0.6 is 0 Å². The van der Waals surface area contributed by atoms with Gasteiger partial charge in [0.1, 0.15) is 12.0 Å². The topological polar surface area (TPSA) is 72.4 Å². The molecule has 0 saturated heterocycles. The lowest BCUT2D eigenvalue weighted by Crippen LogP contribution is -2.46. The Balaban J connectivity index is 1.43. The zero-order valence-electron chi connectivity index (χ0n) is 15.0. The number of anilines is 1. The summed E-state index contributed by atoms with van der Waals surface area (Å²) in [5, 5.41) is 0. The maximum Gasteiger partial charge on any atom is 0.231 e. The third-order valence-corrected chi connectivity index (χ3v) is 4.64. The summed E-state index contributed by atoms with van der Waals surface area (Å²) in [5.41, 5.74) is 8.83. The maximum atomic E-state index is 5.71. The van der Waals surface area contributed by atoms with E-state index in [1.165, 1.54) is 11.1 Å². The van der Waals surface area contributed by atoms with Crippen LogP contribution in [0.2, 0.25) is 0 Å². The molecule has 0 aromatic heterocycles. The number of nitrogens with zero attached hydrogens (tertiary/aromatic N) is 3. The number of aliphatic imine (C=N–C) groups is 2. The van der Waals surface area contributed by atoms with Gasteiger partial charge in [-0.2, -0.15) is 0 Å². The fraction of sp³-hybridized carbons (Fsp3) is 0.300. The predicted octanol–water partition coefficient (Wildman–Crippen LogP) is 3.10. The van der Waals surface area contributed by atoms with Gasteiger partial charge in [0.05, 0.1) is 0 Å². The molecule has 2 heterocycles. The summed E-state index contributed by atoms with van der Waals surface area (Å²) in [6.07, 6.45) is 3.65. The first-order valence-electron chi connectivity index (χ1n) is 8.68. The van der Waals surface area contributed by atoms with E-state index in [4.69, 9.17) is 15.2 Å². The van der Waals surface area contributed by atoms with Crippen LogP contribution in [-0.4, -0.2) is 24.8 Å². The third kappa shape index (κ3) is 3.22. The number of guanidine groups is 1. The molecule has 2 aromatic rings. The summed E-state index contributed by atoms with van der Waals surface area (Å²) in [6.45, 7) is 4.34. The molecule has 0 atom stereocenters. The van der Waals surface area contributed by atoms with Crippen molar-refractivity contribution in [2.24, 2.45) is 15.7 Å². The number of fused-ring (bicyclic) bond motifs is 1. The smallest absolute Gasteiger partial charge is 0.231 e. The zero-order chi connectivity index (χ0) is 18.1. The molecule has 2 N–H and O–H groups in total. The first-order chi connectivity index (χ1) is 12.5. The molecule has 0 fully saturated rings. The summed E-state index contributed by atoms with van der Waals surface area (Å²) in [6, 6.07) is 14.6. The van der Waals surface area contributed by atoms with Gasteiger partial charge in [-0.15, -0.1) is 0 Å². The van der Waals surface area contributed by atoms with Gasteiger partial charge < -0.3 is 20.1 Å². The van der Waals surface area contributed by atoms with Crippen LogP contribution < -0.4 is 20.1 Å². The quantitative estimate of drug-likeness (QED) is 0.920. The van der Waals surface area contributed by atoms with E-state index in [1.807, 2.05) is 24.8 Å². The number of hydrogen-bond donors (Lipinski definition) is 1. The molecule has 6 nitrogen and oxygen atoms in total. The lowest BCUT2D eigenvalue weighted by atomic mass is 10.0. The second-order valence-electron chi connectivity index (χ2n) is 6.93. The molecule has 26 heavy (non-hydrogen) atoms. The lowest BCUT2D eigenvalue weighted by molar-refractivity contribution is 0.174. The first kappa shape index (κ1) is 16.4. The Hall–Kier alpha value is -3.02. The van der Waals surface area contributed by atoms with Gasteiger partial charge in [0.25, 0.3) is 0 Å². The van der Waals surface area contributed by atoms with Crippen molar-refractivity contribution in [3.8, 4) is 11.5 Å². The van der Waals surface area contributed by atoms with Gasteiger partial charge in [-0.25, -0.2) is 9.98 Å². The highest BCUT2D eigenvalue weighted by Crippen LogP contribution is 2.33. The molecule has 0 amide bonds. The van der Waals surface area contributed by atoms with Crippen LogP contribution in [-0.2, 0) is 12.8 Å². The maximum absolute atomic E-state index is 5.71. The Morgan fingerprint density at radius 3 is 2.46 bits per heavy atom. The van der Waals surface area contributed by atoms with Crippen molar-refractivity contribution in [2.75, 3.05) is 11.7 Å².